The second kappa shape index (κ2) is 3.84. The normalized spacial score (nSPS) is 10.8. The predicted molar refractivity (Wildman–Crippen MR) is 57.5 cm³/mol. The Kier molecular flexibility index (Phi) is 2.52. The van der Waals surface area contributed by atoms with Crippen LogP contribution in [0.2, 0.25) is 0 Å². The van der Waals surface area contributed by atoms with Crippen molar-refractivity contribution >= 4 is 16.9 Å². The van der Waals surface area contributed by atoms with E-state index in [-0.39, 0.29) is 6.42 Å². The Balaban J connectivity index is 2.72. The number of aryl methyl sites for hydroxylation is 1. The molecule has 0 aliphatic heterocycles. The van der Waals surface area contributed by atoms with Crippen LogP contribution in [-0.2, 0) is 17.8 Å². The van der Waals surface area contributed by atoms with Gasteiger partial charge in [-0.2, -0.15) is 0 Å². The van der Waals surface area contributed by atoms with E-state index in [1.165, 1.54) is 4.74 Å². The molecule has 5 heteroatoms. The highest BCUT2D eigenvalue weighted by atomic mass is 16.5. The molecule has 0 atom stereocenters. The molecule has 1 heterocycles. The summed E-state index contributed by atoms with van der Waals surface area (Å²) in [7, 11) is 0. The lowest BCUT2D eigenvalue weighted by Crippen LogP contribution is -2.03. The zero-order chi connectivity index (χ0) is 11.7. The monoisotopic (exact) mass is 221 g/mol. The molecule has 0 aliphatic carbocycles. The summed E-state index contributed by atoms with van der Waals surface area (Å²) in [6.07, 6.45) is -0.171. The third-order valence-corrected chi connectivity index (χ3v) is 2.42. The van der Waals surface area contributed by atoms with Gasteiger partial charge in [0.05, 0.1) is 23.9 Å². The maximum Gasteiger partial charge on any atom is 0.365 e. The van der Waals surface area contributed by atoms with E-state index in [0.29, 0.717) is 23.0 Å². The van der Waals surface area contributed by atoms with Crippen LogP contribution in [0.5, 0.6) is 0 Å². The van der Waals surface area contributed by atoms with Crippen LogP contribution in [0.15, 0.2) is 27.5 Å². The molecule has 0 radical (unpaired) electrons. The highest BCUT2D eigenvalue weighted by molar-refractivity contribution is 5.85. The number of fused-ring (bicyclic) bond motifs is 1. The molecular formula is C11H11NO4. The van der Waals surface area contributed by atoms with Crippen LogP contribution in [-0.4, -0.2) is 15.8 Å². The van der Waals surface area contributed by atoms with Crippen LogP contribution in [0, 0.1) is 0 Å². The minimum Gasteiger partial charge on any atom is -0.481 e. The van der Waals surface area contributed by atoms with Crippen molar-refractivity contribution in [3.8, 4) is 0 Å². The van der Waals surface area contributed by atoms with E-state index >= 15 is 0 Å². The predicted octanol–water partition coefficient (Wildman–Crippen LogP) is 1.24. The van der Waals surface area contributed by atoms with Crippen molar-refractivity contribution in [3.63, 3.8) is 0 Å². The highest BCUT2D eigenvalue weighted by Gasteiger charge is 2.13. The van der Waals surface area contributed by atoms with E-state index in [1.54, 1.807) is 18.2 Å². The highest BCUT2D eigenvalue weighted by Crippen LogP contribution is 2.16. The maximum absolute atomic E-state index is 11.6. The van der Waals surface area contributed by atoms with Crippen molar-refractivity contribution < 1.29 is 14.4 Å². The van der Waals surface area contributed by atoms with Crippen LogP contribution >= 0.6 is 0 Å². The summed E-state index contributed by atoms with van der Waals surface area (Å²) in [5, 5.41) is 9.11. The number of carboxylic acids is 1. The van der Waals surface area contributed by atoms with Gasteiger partial charge in [0.1, 0.15) is 0 Å². The molecule has 5 nitrogen and oxygen atoms in total. The Labute approximate surface area is 90.9 Å². The van der Waals surface area contributed by atoms with Gasteiger partial charge in [-0.1, -0.05) is 12.1 Å². The molecule has 0 unspecified atom stereocenters. The van der Waals surface area contributed by atoms with Crippen LogP contribution < -0.4 is 5.63 Å². The van der Waals surface area contributed by atoms with Gasteiger partial charge in [0.25, 0.3) is 0 Å². The zero-order valence-electron chi connectivity index (χ0n) is 8.77. The fourth-order valence-corrected chi connectivity index (χ4v) is 1.77. The van der Waals surface area contributed by atoms with Crippen molar-refractivity contribution in [2.75, 3.05) is 0 Å². The van der Waals surface area contributed by atoms with Crippen LogP contribution in [0.1, 0.15) is 12.5 Å². The summed E-state index contributed by atoms with van der Waals surface area (Å²) in [6.45, 7) is 2.39. The number of rotatable bonds is 3. The Morgan fingerprint density at radius 1 is 1.50 bits per heavy atom. The van der Waals surface area contributed by atoms with E-state index in [4.69, 9.17) is 9.63 Å². The summed E-state index contributed by atoms with van der Waals surface area (Å²) in [5.74, 6) is -0.962. The number of hydrogen-bond donors (Lipinski definition) is 1. The van der Waals surface area contributed by atoms with Gasteiger partial charge in [-0.15, -0.1) is 0 Å². The first-order valence-corrected chi connectivity index (χ1v) is 4.97. The average Bonchev–Trinajstić information content (AvgIpc) is 2.56. The molecule has 16 heavy (non-hydrogen) atoms. The Morgan fingerprint density at radius 2 is 2.25 bits per heavy atom. The summed E-state index contributed by atoms with van der Waals surface area (Å²) < 4.78 is 6.47. The van der Waals surface area contributed by atoms with Crippen LogP contribution in [0.25, 0.3) is 10.9 Å². The van der Waals surface area contributed by atoms with Crippen LogP contribution in [0.4, 0.5) is 0 Å². The van der Waals surface area contributed by atoms with E-state index in [2.05, 4.69) is 0 Å². The Morgan fingerprint density at radius 3 is 2.88 bits per heavy atom. The molecule has 1 aromatic heterocycles. The molecule has 0 aliphatic rings. The van der Waals surface area contributed by atoms with Gasteiger partial charge in [-0.05, 0) is 18.6 Å². The number of nitrogens with zero attached hydrogens (tertiary/aromatic N) is 1. The largest absolute Gasteiger partial charge is 0.481 e. The number of carboxylic acid groups (broad SMARTS) is 1. The van der Waals surface area contributed by atoms with Gasteiger partial charge in [0, 0.05) is 0 Å². The lowest BCUT2D eigenvalue weighted by molar-refractivity contribution is -0.136. The number of carbonyl (C=O) groups is 1. The first-order valence-electron chi connectivity index (χ1n) is 4.97. The van der Waals surface area contributed by atoms with Gasteiger partial charge in [-0.25, -0.2) is 9.53 Å². The minimum absolute atomic E-state index is 0.171. The molecule has 1 aromatic carbocycles. The Bertz CT molecular complexity index is 594. The number of aromatic nitrogens is 1. The number of aliphatic carboxylic acids is 1. The molecule has 84 valence electrons. The van der Waals surface area contributed by atoms with E-state index in [0.717, 1.165) is 0 Å². The summed E-state index contributed by atoms with van der Waals surface area (Å²) >= 11 is 0. The SMILES string of the molecule is CCn1oc(=O)c2c(CC(=O)O)cccc21. The van der Waals surface area contributed by atoms with Gasteiger partial charge in [0.2, 0.25) is 0 Å². The summed E-state index contributed by atoms with van der Waals surface area (Å²) in [5.41, 5.74) is 0.658. The van der Waals surface area contributed by atoms with Crippen molar-refractivity contribution in [2.45, 2.75) is 19.9 Å². The molecule has 2 rings (SSSR count). The average molecular weight is 221 g/mol. The standard InChI is InChI=1S/C11H11NO4/c1-2-12-8-5-3-4-7(6-9(13)14)10(8)11(15)16-12/h3-5H,2,6H2,1H3,(H,13,14). The van der Waals surface area contributed by atoms with E-state index in [1.807, 2.05) is 6.92 Å². The summed E-state index contributed by atoms with van der Waals surface area (Å²) in [4.78, 5) is 22.2. The first-order chi connectivity index (χ1) is 7.63. The third-order valence-electron chi connectivity index (χ3n) is 2.42. The molecule has 0 fully saturated rings. The molecule has 0 amide bonds. The van der Waals surface area contributed by atoms with Gasteiger partial charge in [0.15, 0.2) is 0 Å². The molecule has 2 aromatic rings. The van der Waals surface area contributed by atoms with Crippen LogP contribution in [0.3, 0.4) is 0 Å². The molecule has 0 bridgehead atoms. The molecule has 0 saturated carbocycles. The fourth-order valence-electron chi connectivity index (χ4n) is 1.77. The second-order valence-electron chi connectivity index (χ2n) is 3.46. The lowest BCUT2D eigenvalue weighted by atomic mass is 10.1. The smallest absolute Gasteiger partial charge is 0.365 e. The second-order valence-corrected chi connectivity index (χ2v) is 3.46. The van der Waals surface area contributed by atoms with Crippen molar-refractivity contribution in [3.05, 3.63) is 34.2 Å². The summed E-state index contributed by atoms with van der Waals surface area (Å²) in [6, 6.07) is 5.10. The lowest BCUT2D eigenvalue weighted by Gasteiger charge is -1.99. The quantitative estimate of drug-likeness (QED) is 0.846. The van der Waals surface area contributed by atoms with E-state index < -0.39 is 11.6 Å². The molecule has 1 N–H and O–H groups in total. The zero-order valence-corrected chi connectivity index (χ0v) is 8.77. The Hall–Kier alpha value is -2.04. The van der Waals surface area contributed by atoms with Crippen molar-refractivity contribution in [2.24, 2.45) is 0 Å². The van der Waals surface area contributed by atoms with Crippen molar-refractivity contribution in [1.82, 2.24) is 4.74 Å². The van der Waals surface area contributed by atoms with Gasteiger partial charge < -0.3 is 9.63 Å². The number of benzene rings is 1. The topological polar surface area (TPSA) is 72.4 Å². The van der Waals surface area contributed by atoms with Gasteiger partial charge in [-0.3, -0.25) is 4.79 Å². The molecule has 0 saturated heterocycles. The molecule has 0 spiro atoms. The maximum atomic E-state index is 11.6. The van der Waals surface area contributed by atoms with E-state index in [9.17, 15) is 9.59 Å². The minimum atomic E-state index is -0.962. The molecular weight excluding hydrogens is 210 g/mol. The van der Waals surface area contributed by atoms with Crippen molar-refractivity contribution in [1.29, 1.82) is 0 Å². The van der Waals surface area contributed by atoms with Gasteiger partial charge >= 0.3 is 11.6 Å². The third kappa shape index (κ3) is 1.60. The fraction of sp³-hybridized carbons (Fsp3) is 0.273. The number of hydrogen-bond acceptors (Lipinski definition) is 3. The first kappa shape index (κ1) is 10.5.